The SMILES string of the molecule is CC/C=C\C/C=C\C/C=C\C/C=C\CCCCCCCCCCCCCCCCCCCCCCC(=O)OCC(COC(=O)CCCCCCCCCCCCC)OC(=O)CCCCCCC/C=C\C/C=C\CCCC. The van der Waals surface area contributed by atoms with Crippen molar-refractivity contribution in [2.75, 3.05) is 13.2 Å². The summed E-state index contributed by atoms with van der Waals surface area (Å²) in [6.07, 6.45) is 83.6. The van der Waals surface area contributed by atoms with E-state index in [1.54, 1.807) is 0 Å². The molecule has 0 amide bonds. The zero-order valence-electron chi connectivity index (χ0n) is 50.5. The van der Waals surface area contributed by atoms with Crippen LogP contribution in [0.2, 0.25) is 0 Å². The van der Waals surface area contributed by atoms with E-state index in [0.29, 0.717) is 19.3 Å². The standard InChI is InChI=1S/C70H124O6/c1-4-7-10-13-16-19-22-24-26-27-28-29-30-31-32-33-34-35-36-37-38-39-40-41-42-43-44-46-48-51-54-57-60-63-69(72)75-66-67(65-74-68(71)62-59-56-53-50-47-21-18-15-12-9-6-3)76-70(73)64-61-58-55-52-49-45-25-23-20-17-14-11-8-5-2/h7,10,14,16-17,19,23-26,28-29,67H,4-6,8-9,11-13,15,18,20-22,27,30-66H2,1-3H3/b10-7-,17-14-,19-16-,25-23-,26-24-,29-28-. The highest BCUT2D eigenvalue weighted by Crippen LogP contribution is 2.17. The highest BCUT2D eigenvalue weighted by Gasteiger charge is 2.19. The first kappa shape index (κ1) is 72.8. The summed E-state index contributed by atoms with van der Waals surface area (Å²) in [5.41, 5.74) is 0. The molecule has 0 aliphatic heterocycles. The average molecular weight is 1060 g/mol. The maximum atomic E-state index is 12.8. The molecule has 0 spiro atoms. The zero-order chi connectivity index (χ0) is 55.0. The van der Waals surface area contributed by atoms with Gasteiger partial charge in [0.15, 0.2) is 6.10 Å². The summed E-state index contributed by atoms with van der Waals surface area (Å²) in [7, 11) is 0. The van der Waals surface area contributed by atoms with E-state index in [4.69, 9.17) is 14.2 Å². The molecule has 0 aliphatic rings. The second-order valence-corrected chi connectivity index (χ2v) is 22.0. The third-order valence-electron chi connectivity index (χ3n) is 14.4. The minimum Gasteiger partial charge on any atom is -0.462 e. The summed E-state index contributed by atoms with van der Waals surface area (Å²) in [5.74, 6) is -0.874. The van der Waals surface area contributed by atoms with Gasteiger partial charge in [-0.15, -0.1) is 0 Å². The van der Waals surface area contributed by atoms with Crippen LogP contribution in [0, 0.1) is 0 Å². The number of carbonyl (C=O) groups excluding carboxylic acids is 3. The molecule has 1 unspecified atom stereocenters. The first-order chi connectivity index (χ1) is 37.5. The van der Waals surface area contributed by atoms with E-state index < -0.39 is 6.10 Å². The van der Waals surface area contributed by atoms with E-state index in [1.807, 2.05) is 0 Å². The highest BCUT2D eigenvalue weighted by molar-refractivity contribution is 5.71. The van der Waals surface area contributed by atoms with Crippen LogP contribution in [0.5, 0.6) is 0 Å². The van der Waals surface area contributed by atoms with Gasteiger partial charge in [-0.05, 0) is 83.5 Å². The predicted molar refractivity (Wildman–Crippen MR) is 330 cm³/mol. The van der Waals surface area contributed by atoms with Gasteiger partial charge < -0.3 is 14.2 Å². The first-order valence-electron chi connectivity index (χ1n) is 32.9. The van der Waals surface area contributed by atoms with Gasteiger partial charge in [-0.2, -0.15) is 0 Å². The van der Waals surface area contributed by atoms with Crippen LogP contribution >= 0.6 is 0 Å². The Labute approximate surface area is 472 Å². The number of hydrogen-bond donors (Lipinski definition) is 0. The summed E-state index contributed by atoms with van der Waals surface area (Å²) in [6, 6.07) is 0. The molecule has 6 heteroatoms. The smallest absolute Gasteiger partial charge is 0.306 e. The molecule has 1 atom stereocenters. The van der Waals surface area contributed by atoms with Gasteiger partial charge in [0.05, 0.1) is 0 Å². The van der Waals surface area contributed by atoms with Gasteiger partial charge in [-0.3, -0.25) is 14.4 Å². The van der Waals surface area contributed by atoms with Crippen LogP contribution in [0.1, 0.15) is 335 Å². The number of hydrogen-bond acceptors (Lipinski definition) is 6. The van der Waals surface area contributed by atoms with Gasteiger partial charge in [0.1, 0.15) is 13.2 Å². The van der Waals surface area contributed by atoms with E-state index in [0.717, 1.165) is 109 Å². The van der Waals surface area contributed by atoms with Crippen LogP contribution in [0.25, 0.3) is 0 Å². The van der Waals surface area contributed by atoms with Crippen molar-refractivity contribution in [3.8, 4) is 0 Å². The van der Waals surface area contributed by atoms with E-state index in [-0.39, 0.29) is 31.1 Å². The summed E-state index contributed by atoms with van der Waals surface area (Å²) in [4.78, 5) is 38.2. The Hall–Kier alpha value is -3.15. The normalized spacial score (nSPS) is 12.5. The van der Waals surface area contributed by atoms with Crippen molar-refractivity contribution < 1.29 is 28.6 Å². The third kappa shape index (κ3) is 61.7. The molecule has 0 N–H and O–H groups in total. The number of allylic oxidation sites excluding steroid dienone is 12. The van der Waals surface area contributed by atoms with E-state index in [1.165, 1.54) is 186 Å². The Morgan fingerprint density at radius 1 is 0.276 bits per heavy atom. The summed E-state index contributed by atoms with van der Waals surface area (Å²) in [6.45, 7) is 6.50. The van der Waals surface area contributed by atoms with Gasteiger partial charge in [0.2, 0.25) is 0 Å². The number of rotatable bonds is 60. The van der Waals surface area contributed by atoms with Crippen LogP contribution < -0.4 is 0 Å². The van der Waals surface area contributed by atoms with Crippen LogP contribution in [-0.2, 0) is 28.6 Å². The molecule has 0 fully saturated rings. The molecule has 0 aliphatic carbocycles. The van der Waals surface area contributed by atoms with Crippen LogP contribution in [-0.4, -0.2) is 37.2 Å². The third-order valence-corrected chi connectivity index (χ3v) is 14.4. The second kappa shape index (κ2) is 64.4. The first-order valence-corrected chi connectivity index (χ1v) is 32.9. The topological polar surface area (TPSA) is 78.9 Å². The Morgan fingerprint density at radius 3 is 0.842 bits per heavy atom. The monoisotopic (exact) mass is 1060 g/mol. The minimum absolute atomic E-state index is 0.0756. The second-order valence-electron chi connectivity index (χ2n) is 22.0. The Bertz CT molecular complexity index is 1400. The van der Waals surface area contributed by atoms with Gasteiger partial charge >= 0.3 is 17.9 Å². The maximum absolute atomic E-state index is 12.8. The van der Waals surface area contributed by atoms with Gasteiger partial charge in [0.25, 0.3) is 0 Å². The summed E-state index contributed by atoms with van der Waals surface area (Å²) in [5, 5.41) is 0. The van der Waals surface area contributed by atoms with Crippen molar-refractivity contribution in [3.63, 3.8) is 0 Å². The molecule has 440 valence electrons. The van der Waals surface area contributed by atoms with Crippen molar-refractivity contribution in [2.45, 2.75) is 341 Å². The molecule has 0 heterocycles. The van der Waals surface area contributed by atoms with Gasteiger partial charge in [-0.25, -0.2) is 0 Å². The quantitative estimate of drug-likeness (QED) is 0.0261. The molecule has 0 aromatic rings. The predicted octanol–water partition coefficient (Wildman–Crippen LogP) is 22.5. The molecular formula is C70H124O6. The lowest BCUT2D eigenvalue weighted by atomic mass is 10.0. The minimum atomic E-state index is -0.778. The largest absolute Gasteiger partial charge is 0.462 e. The van der Waals surface area contributed by atoms with Gasteiger partial charge in [-0.1, -0.05) is 306 Å². The van der Waals surface area contributed by atoms with Crippen LogP contribution in [0.4, 0.5) is 0 Å². The van der Waals surface area contributed by atoms with E-state index in [9.17, 15) is 14.4 Å². The average Bonchev–Trinajstić information content (AvgIpc) is 3.42. The highest BCUT2D eigenvalue weighted by atomic mass is 16.6. The summed E-state index contributed by atoms with van der Waals surface area (Å²) < 4.78 is 16.9. The van der Waals surface area contributed by atoms with Crippen molar-refractivity contribution in [3.05, 3.63) is 72.9 Å². The lowest BCUT2D eigenvalue weighted by Gasteiger charge is -2.18. The molecule has 0 bridgehead atoms. The molecule has 0 aromatic heterocycles. The summed E-state index contributed by atoms with van der Waals surface area (Å²) >= 11 is 0. The molecule has 0 saturated carbocycles. The van der Waals surface area contributed by atoms with Crippen molar-refractivity contribution >= 4 is 17.9 Å². The Morgan fingerprint density at radius 2 is 0.526 bits per heavy atom. The number of esters is 3. The molecule has 0 aromatic carbocycles. The van der Waals surface area contributed by atoms with Crippen LogP contribution in [0.15, 0.2) is 72.9 Å². The molecule has 0 saturated heterocycles. The lowest BCUT2D eigenvalue weighted by Crippen LogP contribution is -2.30. The fourth-order valence-corrected chi connectivity index (χ4v) is 9.51. The maximum Gasteiger partial charge on any atom is 0.306 e. The molecular weight excluding hydrogens is 937 g/mol. The van der Waals surface area contributed by atoms with E-state index in [2.05, 4.69) is 93.7 Å². The Kier molecular flexibility index (Phi) is 61.7. The van der Waals surface area contributed by atoms with Crippen molar-refractivity contribution in [1.29, 1.82) is 0 Å². The Balaban J connectivity index is 4.07. The fraction of sp³-hybridized carbons (Fsp3) is 0.786. The number of ether oxygens (including phenoxy) is 3. The fourth-order valence-electron chi connectivity index (χ4n) is 9.51. The van der Waals surface area contributed by atoms with Crippen LogP contribution in [0.3, 0.4) is 0 Å². The van der Waals surface area contributed by atoms with Crippen molar-refractivity contribution in [2.24, 2.45) is 0 Å². The van der Waals surface area contributed by atoms with Gasteiger partial charge in [0, 0.05) is 19.3 Å². The lowest BCUT2D eigenvalue weighted by molar-refractivity contribution is -0.167. The van der Waals surface area contributed by atoms with Crippen molar-refractivity contribution in [1.82, 2.24) is 0 Å². The van der Waals surface area contributed by atoms with E-state index >= 15 is 0 Å². The number of carbonyl (C=O) groups is 3. The molecule has 76 heavy (non-hydrogen) atoms. The molecule has 0 radical (unpaired) electrons. The molecule has 6 nitrogen and oxygen atoms in total. The molecule has 0 rings (SSSR count). The number of unbranched alkanes of at least 4 members (excludes halogenated alkanes) is 37. The zero-order valence-corrected chi connectivity index (χ0v) is 50.5.